The summed E-state index contributed by atoms with van der Waals surface area (Å²) in [5, 5.41) is 6.90. The number of rotatable bonds is 4. The third-order valence-corrected chi connectivity index (χ3v) is 3.88. The first-order valence-electron chi connectivity index (χ1n) is 7.48. The van der Waals surface area contributed by atoms with Gasteiger partial charge in [-0.3, -0.25) is 14.8 Å². The van der Waals surface area contributed by atoms with Crippen molar-refractivity contribution in [1.29, 1.82) is 0 Å². The summed E-state index contributed by atoms with van der Waals surface area (Å²) in [5.41, 5.74) is 3.97. The van der Waals surface area contributed by atoms with Gasteiger partial charge in [0.2, 0.25) is 0 Å². The minimum absolute atomic E-state index is 0.129. The van der Waals surface area contributed by atoms with Crippen molar-refractivity contribution in [2.45, 2.75) is 26.7 Å². The largest absolute Gasteiger partial charge is 0.361 e. The van der Waals surface area contributed by atoms with E-state index in [-0.39, 0.29) is 11.8 Å². The quantitative estimate of drug-likeness (QED) is 0.801. The number of hydrogen-bond donors (Lipinski definition) is 1. The molecule has 0 fully saturated rings. The number of aromatic nitrogens is 3. The molecule has 1 N–H and O–H groups in total. The molecule has 0 saturated carbocycles. The topological polar surface area (TPSA) is 80.9 Å². The van der Waals surface area contributed by atoms with Crippen LogP contribution in [0, 0.1) is 13.8 Å². The lowest BCUT2D eigenvalue weighted by atomic mass is 9.99. The van der Waals surface area contributed by atoms with E-state index in [0.717, 1.165) is 22.5 Å². The van der Waals surface area contributed by atoms with Gasteiger partial charge in [-0.15, -0.1) is 0 Å². The summed E-state index contributed by atoms with van der Waals surface area (Å²) in [5.74, 6) is 0.798. The Labute approximate surface area is 133 Å². The molecule has 0 aliphatic carbocycles. The number of hydrogen-bond acceptors (Lipinski definition) is 5. The van der Waals surface area contributed by atoms with E-state index in [1.165, 1.54) is 0 Å². The maximum Gasteiger partial charge on any atom is 0.251 e. The van der Waals surface area contributed by atoms with Crippen molar-refractivity contribution >= 4 is 16.9 Å². The Kier molecular flexibility index (Phi) is 4.06. The van der Waals surface area contributed by atoms with Crippen molar-refractivity contribution in [2.24, 2.45) is 0 Å². The summed E-state index contributed by atoms with van der Waals surface area (Å²) < 4.78 is 5.18. The number of nitrogens with zero attached hydrogens (tertiary/aromatic N) is 3. The van der Waals surface area contributed by atoms with Gasteiger partial charge in [-0.25, -0.2) is 0 Å². The van der Waals surface area contributed by atoms with E-state index >= 15 is 0 Å². The van der Waals surface area contributed by atoms with Gasteiger partial charge in [-0.05, 0) is 32.0 Å². The third kappa shape index (κ3) is 3.06. The van der Waals surface area contributed by atoms with Gasteiger partial charge in [0.15, 0.2) is 0 Å². The maximum absolute atomic E-state index is 12.3. The Bertz CT molecular complexity index is 837. The lowest BCUT2D eigenvalue weighted by Crippen LogP contribution is -2.27. The smallest absolute Gasteiger partial charge is 0.251 e. The van der Waals surface area contributed by atoms with Crippen LogP contribution in [0.1, 0.15) is 40.2 Å². The number of carbonyl (C=O) groups is 1. The predicted molar refractivity (Wildman–Crippen MR) is 86.3 cm³/mol. The van der Waals surface area contributed by atoms with Crippen LogP contribution in [-0.2, 0) is 0 Å². The standard InChI is InChI=1S/C17H18N4O2/c1-10(16-11(2)21-23-12(16)3)9-20-17(22)13-4-5-14-15(8-13)19-7-6-18-14/h4-8,10H,9H2,1-3H3,(H,20,22)/t10-/m0/s1. The minimum Gasteiger partial charge on any atom is -0.361 e. The van der Waals surface area contributed by atoms with E-state index in [4.69, 9.17) is 4.52 Å². The maximum atomic E-state index is 12.3. The monoisotopic (exact) mass is 310 g/mol. The number of carbonyl (C=O) groups excluding carboxylic acids is 1. The molecule has 3 aromatic rings. The highest BCUT2D eigenvalue weighted by Gasteiger charge is 2.17. The summed E-state index contributed by atoms with van der Waals surface area (Å²) in [7, 11) is 0. The molecule has 2 aromatic heterocycles. The van der Waals surface area contributed by atoms with Crippen molar-refractivity contribution in [3.8, 4) is 0 Å². The number of amides is 1. The molecule has 0 aliphatic heterocycles. The summed E-state index contributed by atoms with van der Waals surface area (Å²) >= 11 is 0. The fourth-order valence-corrected chi connectivity index (χ4v) is 2.75. The zero-order chi connectivity index (χ0) is 16.4. The molecule has 1 atom stereocenters. The molecular weight excluding hydrogens is 292 g/mol. The molecular formula is C17H18N4O2. The number of benzene rings is 1. The highest BCUT2D eigenvalue weighted by molar-refractivity contribution is 5.97. The molecule has 118 valence electrons. The average Bonchev–Trinajstić information content (AvgIpc) is 2.90. The van der Waals surface area contributed by atoms with E-state index in [2.05, 4.69) is 20.4 Å². The van der Waals surface area contributed by atoms with Crippen LogP contribution in [0.2, 0.25) is 0 Å². The van der Waals surface area contributed by atoms with Gasteiger partial charge < -0.3 is 9.84 Å². The number of fused-ring (bicyclic) bond motifs is 1. The van der Waals surface area contributed by atoms with Gasteiger partial charge in [0.25, 0.3) is 5.91 Å². The van der Waals surface area contributed by atoms with Crippen molar-refractivity contribution in [2.75, 3.05) is 6.54 Å². The van der Waals surface area contributed by atoms with E-state index in [0.29, 0.717) is 17.6 Å². The fourth-order valence-electron chi connectivity index (χ4n) is 2.75. The second kappa shape index (κ2) is 6.16. The lowest BCUT2D eigenvalue weighted by molar-refractivity contribution is 0.0951. The van der Waals surface area contributed by atoms with Crippen LogP contribution >= 0.6 is 0 Å². The first kappa shape index (κ1) is 15.1. The van der Waals surface area contributed by atoms with E-state index in [9.17, 15) is 4.79 Å². The molecule has 0 saturated heterocycles. The SMILES string of the molecule is Cc1noc(C)c1[C@@H](C)CNC(=O)c1ccc2nccnc2c1. The summed E-state index contributed by atoms with van der Waals surface area (Å²) in [6, 6.07) is 5.31. The van der Waals surface area contributed by atoms with Crippen molar-refractivity contribution in [3.05, 3.63) is 53.2 Å². The summed E-state index contributed by atoms with van der Waals surface area (Å²) in [6.07, 6.45) is 3.25. The second-order valence-electron chi connectivity index (χ2n) is 5.61. The molecule has 3 rings (SSSR count). The molecule has 0 aliphatic rings. The van der Waals surface area contributed by atoms with Crippen LogP contribution in [0.5, 0.6) is 0 Å². The molecule has 0 radical (unpaired) electrons. The summed E-state index contributed by atoms with van der Waals surface area (Å²) in [4.78, 5) is 20.8. The highest BCUT2D eigenvalue weighted by atomic mass is 16.5. The van der Waals surface area contributed by atoms with Gasteiger partial charge in [0.05, 0.1) is 16.7 Å². The molecule has 0 spiro atoms. The molecule has 1 aromatic carbocycles. The minimum atomic E-state index is -0.129. The Morgan fingerprint density at radius 3 is 2.65 bits per heavy atom. The number of nitrogens with one attached hydrogen (secondary N) is 1. The van der Waals surface area contributed by atoms with E-state index in [1.807, 2.05) is 20.8 Å². The van der Waals surface area contributed by atoms with Crippen LogP contribution in [0.25, 0.3) is 11.0 Å². The highest BCUT2D eigenvalue weighted by Crippen LogP contribution is 2.22. The van der Waals surface area contributed by atoms with Gasteiger partial charge in [0, 0.05) is 36.0 Å². The van der Waals surface area contributed by atoms with Crippen molar-refractivity contribution < 1.29 is 9.32 Å². The fraction of sp³-hybridized carbons (Fsp3) is 0.294. The predicted octanol–water partition coefficient (Wildman–Crippen LogP) is 2.77. The second-order valence-corrected chi connectivity index (χ2v) is 5.61. The van der Waals surface area contributed by atoms with Gasteiger partial charge in [0.1, 0.15) is 5.76 Å². The molecule has 1 amide bonds. The van der Waals surface area contributed by atoms with Crippen LogP contribution in [-0.4, -0.2) is 27.6 Å². The molecule has 6 heteroatoms. The van der Waals surface area contributed by atoms with Gasteiger partial charge in [-0.1, -0.05) is 12.1 Å². The molecule has 0 bridgehead atoms. The van der Waals surface area contributed by atoms with Crippen LogP contribution in [0.15, 0.2) is 35.1 Å². The van der Waals surface area contributed by atoms with Crippen LogP contribution in [0.3, 0.4) is 0 Å². The molecule has 0 unspecified atom stereocenters. The van der Waals surface area contributed by atoms with E-state index < -0.39 is 0 Å². The molecule has 2 heterocycles. The van der Waals surface area contributed by atoms with Gasteiger partial charge >= 0.3 is 0 Å². The Balaban J connectivity index is 1.71. The first-order valence-corrected chi connectivity index (χ1v) is 7.48. The van der Waals surface area contributed by atoms with E-state index in [1.54, 1.807) is 30.6 Å². The zero-order valence-electron chi connectivity index (χ0n) is 13.3. The third-order valence-electron chi connectivity index (χ3n) is 3.88. The normalized spacial score (nSPS) is 12.3. The molecule has 23 heavy (non-hydrogen) atoms. The molecule has 6 nitrogen and oxygen atoms in total. The first-order chi connectivity index (χ1) is 11.1. The Hall–Kier alpha value is -2.76. The Morgan fingerprint density at radius 1 is 1.22 bits per heavy atom. The Morgan fingerprint density at radius 2 is 1.96 bits per heavy atom. The summed E-state index contributed by atoms with van der Waals surface area (Å²) in [6.45, 7) is 6.35. The van der Waals surface area contributed by atoms with Crippen LogP contribution in [0.4, 0.5) is 0 Å². The average molecular weight is 310 g/mol. The zero-order valence-corrected chi connectivity index (χ0v) is 13.3. The van der Waals surface area contributed by atoms with Crippen molar-refractivity contribution in [1.82, 2.24) is 20.4 Å². The van der Waals surface area contributed by atoms with Gasteiger partial charge in [-0.2, -0.15) is 0 Å². The van der Waals surface area contributed by atoms with Crippen molar-refractivity contribution in [3.63, 3.8) is 0 Å². The number of aryl methyl sites for hydroxylation is 2. The van der Waals surface area contributed by atoms with Crippen LogP contribution < -0.4 is 5.32 Å². The lowest BCUT2D eigenvalue weighted by Gasteiger charge is -2.12.